The molecule has 0 aromatic carbocycles. The second-order valence-electron chi connectivity index (χ2n) is 4.68. The van der Waals surface area contributed by atoms with E-state index in [4.69, 9.17) is 0 Å². The van der Waals surface area contributed by atoms with Gasteiger partial charge in [0.05, 0.1) is 18.0 Å². The molecular weight excluding hydrogens is 293 g/mol. The second kappa shape index (κ2) is 7.04. The Labute approximate surface area is 121 Å². The van der Waals surface area contributed by atoms with Crippen molar-refractivity contribution in [1.82, 2.24) is 10.3 Å². The summed E-state index contributed by atoms with van der Waals surface area (Å²) >= 11 is 0. The number of hydrogen-bond donors (Lipinski definition) is 1. The predicted molar refractivity (Wildman–Crippen MR) is 70.8 cm³/mol. The van der Waals surface area contributed by atoms with E-state index < -0.39 is 11.7 Å². The van der Waals surface area contributed by atoms with E-state index in [9.17, 15) is 18.0 Å². The lowest BCUT2D eigenvalue weighted by Gasteiger charge is -2.22. The van der Waals surface area contributed by atoms with E-state index in [1.807, 2.05) is 0 Å². The van der Waals surface area contributed by atoms with Gasteiger partial charge in [-0.1, -0.05) is 6.42 Å². The first-order chi connectivity index (χ1) is 8.97. The summed E-state index contributed by atoms with van der Waals surface area (Å²) in [7, 11) is 0. The first kappa shape index (κ1) is 16.9. The fourth-order valence-corrected chi connectivity index (χ4v) is 2.18. The molecule has 2 rings (SSSR count). The van der Waals surface area contributed by atoms with Crippen LogP contribution >= 0.6 is 12.4 Å². The summed E-state index contributed by atoms with van der Waals surface area (Å²) in [4.78, 5) is 15.8. The third-order valence-corrected chi connectivity index (χ3v) is 3.20. The van der Waals surface area contributed by atoms with Crippen LogP contribution < -0.4 is 5.32 Å². The molecule has 1 aromatic heterocycles. The molecule has 0 bridgehead atoms. The number of alkyl halides is 3. The van der Waals surface area contributed by atoms with Gasteiger partial charge in [-0.25, -0.2) is 0 Å². The third kappa shape index (κ3) is 4.45. The van der Waals surface area contributed by atoms with Crippen LogP contribution in [0.1, 0.15) is 30.5 Å². The van der Waals surface area contributed by atoms with Crippen molar-refractivity contribution in [1.29, 1.82) is 0 Å². The van der Waals surface area contributed by atoms with Crippen LogP contribution in [0.5, 0.6) is 0 Å². The maximum atomic E-state index is 12.5. The summed E-state index contributed by atoms with van der Waals surface area (Å²) in [6.45, 7) is 0.784. The van der Waals surface area contributed by atoms with Gasteiger partial charge in [0.2, 0.25) is 0 Å². The van der Waals surface area contributed by atoms with Crippen molar-refractivity contribution in [2.75, 3.05) is 6.54 Å². The SMILES string of the molecule is Cl.O=C(Cc1cc(C(F)(F)F)ccn1)[C@@H]1CCCCN1. The fraction of sp³-hybridized carbons (Fsp3) is 0.538. The van der Waals surface area contributed by atoms with E-state index in [-0.39, 0.29) is 36.3 Å². The zero-order valence-electron chi connectivity index (χ0n) is 10.7. The molecule has 1 aromatic rings. The predicted octanol–water partition coefficient (Wildman–Crippen LogP) is 2.78. The van der Waals surface area contributed by atoms with E-state index in [1.54, 1.807) is 0 Å². The number of nitrogens with zero attached hydrogens (tertiary/aromatic N) is 1. The van der Waals surface area contributed by atoms with E-state index in [0.717, 1.165) is 44.1 Å². The number of pyridine rings is 1. The van der Waals surface area contributed by atoms with E-state index in [1.165, 1.54) is 0 Å². The van der Waals surface area contributed by atoms with Crippen LogP contribution in [0.3, 0.4) is 0 Å². The molecule has 0 amide bonds. The highest BCUT2D eigenvalue weighted by Gasteiger charge is 2.31. The summed E-state index contributed by atoms with van der Waals surface area (Å²) < 4.78 is 37.6. The molecule has 2 heterocycles. The number of rotatable bonds is 3. The Hall–Kier alpha value is -1.14. The number of carbonyl (C=O) groups is 1. The summed E-state index contributed by atoms with van der Waals surface area (Å²) in [6, 6.07) is 1.61. The molecule has 1 aliphatic rings. The van der Waals surface area contributed by atoms with Gasteiger partial charge >= 0.3 is 6.18 Å². The normalized spacial score (nSPS) is 19.2. The zero-order chi connectivity index (χ0) is 13.9. The molecule has 0 aliphatic carbocycles. The number of Topliss-reactive ketones (excluding diaryl/α,β-unsaturated/α-hetero) is 1. The quantitative estimate of drug-likeness (QED) is 0.933. The molecule has 1 saturated heterocycles. The number of nitrogens with one attached hydrogen (secondary N) is 1. The maximum Gasteiger partial charge on any atom is 0.416 e. The Kier molecular flexibility index (Phi) is 5.95. The topological polar surface area (TPSA) is 42.0 Å². The van der Waals surface area contributed by atoms with E-state index in [2.05, 4.69) is 10.3 Å². The van der Waals surface area contributed by atoms with Crippen molar-refractivity contribution in [2.24, 2.45) is 0 Å². The molecule has 0 unspecified atom stereocenters. The lowest BCUT2D eigenvalue weighted by atomic mass is 9.98. The summed E-state index contributed by atoms with van der Waals surface area (Å²) in [5, 5.41) is 3.08. The molecule has 20 heavy (non-hydrogen) atoms. The number of aromatic nitrogens is 1. The third-order valence-electron chi connectivity index (χ3n) is 3.20. The van der Waals surface area contributed by atoms with Gasteiger partial charge in [0.1, 0.15) is 0 Å². The van der Waals surface area contributed by atoms with Gasteiger partial charge in [-0.2, -0.15) is 13.2 Å². The average Bonchev–Trinajstić information content (AvgIpc) is 2.39. The zero-order valence-corrected chi connectivity index (χ0v) is 11.6. The molecular formula is C13H16ClF3N2O. The van der Waals surface area contributed by atoms with Gasteiger partial charge < -0.3 is 5.32 Å². The highest BCUT2D eigenvalue weighted by atomic mass is 35.5. The van der Waals surface area contributed by atoms with Gasteiger partial charge in [0.25, 0.3) is 0 Å². The van der Waals surface area contributed by atoms with Crippen molar-refractivity contribution in [3.8, 4) is 0 Å². The number of hydrogen-bond acceptors (Lipinski definition) is 3. The van der Waals surface area contributed by atoms with Gasteiger partial charge in [0.15, 0.2) is 5.78 Å². The molecule has 1 atom stereocenters. The van der Waals surface area contributed by atoms with Crippen LogP contribution in [0.2, 0.25) is 0 Å². The standard InChI is InChI=1S/C13H15F3N2O.ClH/c14-13(15,16)9-4-6-17-10(7-9)8-12(19)11-3-1-2-5-18-11;/h4,6-7,11,18H,1-3,5,8H2;1H/t11-;/m0./s1. The summed E-state index contributed by atoms with van der Waals surface area (Å²) in [6.07, 6.45) is -0.603. The molecule has 1 fully saturated rings. The average molecular weight is 309 g/mol. The van der Waals surface area contributed by atoms with Crippen LogP contribution in [0.4, 0.5) is 13.2 Å². The fourth-order valence-electron chi connectivity index (χ4n) is 2.18. The molecule has 0 spiro atoms. The molecule has 112 valence electrons. The molecule has 1 N–H and O–H groups in total. The highest BCUT2D eigenvalue weighted by molar-refractivity contribution is 5.86. The van der Waals surface area contributed by atoms with Crippen molar-refractivity contribution in [3.05, 3.63) is 29.6 Å². The summed E-state index contributed by atoms with van der Waals surface area (Å²) in [5.74, 6) is -0.0912. The second-order valence-corrected chi connectivity index (χ2v) is 4.68. The molecule has 1 aliphatic heterocycles. The summed E-state index contributed by atoms with van der Waals surface area (Å²) in [5.41, 5.74) is -0.589. The molecule has 3 nitrogen and oxygen atoms in total. The van der Waals surface area contributed by atoms with E-state index in [0.29, 0.717) is 0 Å². The minimum atomic E-state index is -4.40. The van der Waals surface area contributed by atoms with Crippen molar-refractivity contribution >= 4 is 18.2 Å². The van der Waals surface area contributed by atoms with Gasteiger partial charge in [-0.3, -0.25) is 9.78 Å². The van der Waals surface area contributed by atoms with Gasteiger partial charge in [-0.05, 0) is 31.5 Å². The molecule has 0 saturated carbocycles. The Morgan fingerprint density at radius 3 is 2.75 bits per heavy atom. The number of ketones is 1. The maximum absolute atomic E-state index is 12.5. The number of carbonyl (C=O) groups excluding carboxylic acids is 1. The first-order valence-electron chi connectivity index (χ1n) is 6.25. The highest BCUT2D eigenvalue weighted by Crippen LogP contribution is 2.29. The van der Waals surface area contributed by atoms with Crippen molar-refractivity contribution in [3.63, 3.8) is 0 Å². The lowest BCUT2D eigenvalue weighted by Crippen LogP contribution is -2.41. The minimum absolute atomic E-state index is 0. The first-order valence-corrected chi connectivity index (χ1v) is 6.25. The lowest BCUT2D eigenvalue weighted by molar-refractivity contribution is -0.137. The smallest absolute Gasteiger partial charge is 0.307 e. The Morgan fingerprint density at radius 2 is 2.15 bits per heavy atom. The van der Waals surface area contributed by atoms with Crippen LogP contribution in [0.25, 0.3) is 0 Å². The Balaban J connectivity index is 0.00000200. The van der Waals surface area contributed by atoms with Crippen molar-refractivity contribution in [2.45, 2.75) is 37.9 Å². The monoisotopic (exact) mass is 308 g/mol. The largest absolute Gasteiger partial charge is 0.416 e. The van der Waals surface area contributed by atoms with Crippen molar-refractivity contribution < 1.29 is 18.0 Å². The minimum Gasteiger partial charge on any atom is -0.307 e. The van der Waals surface area contributed by atoms with Gasteiger partial charge in [-0.15, -0.1) is 12.4 Å². The molecule has 7 heteroatoms. The Morgan fingerprint density at radius 1 is 1.40 bits per heavy atom. The van der Waals surface area contributed by atoms with Crippen LogP contribution in [0.15, 0.2) is 18.3 Å². The van der Waals surface area contributed by atoms with E-state index >= 15 is 0 Å². The van der Waals surface area contributed by atoms with Gasteiger partial charge in [0, 0.05) is 11.9 Å². The van der Waals surface area contributed by atoms with Crippen LogP contribution in [0, 0.1) is 0 Å². The Bertz CT molecular complexity index is 459. The molecule has 0 radical (unpaired) electrons. The van der Waals surface area contributed by atoms with Crippen LogP contribution in [-0.2, 0) is 17.4 Å². The number of halogens is 4. The number of piperidine rings is 1. The van der Waals surface area contributed by atoms with Crippen LogP contribution in [-0.4, -0.2) is 23.4 Å².